The molecule has 0 aliphatic carbocycles. The molecule has 2 heterocycles. The van der Waals surface area contributed by atoms with Crippen molar-refractivity contribution >= 4 is 23.4 Å². The van der Waals surface area contributed by atoms with Crippen LogP contribution in [0.15, 0.2) is 39.3 Å². The molecule has 1 atom stereocenters. The molecule has 0 bridgehead atoms. The van der Waals surface area contributed by atoms with Crippen molar-refractivity contribution in [2.24, 2.45) is 14.1 Å². The lowest BCUT2D eigenvalue weighted by molar-refractivity contribution is 0.0992. The zero-order valence-electron chi connectivity index (χ0n) is 16.8. The van der Waals surface area contributed by atoms with Gasteiger partial charge < -0.3 is 5.73 Å². The van der Waals surface area contributed by atoms with Crippen LogP contribution in [0, 0.1) is 13.8 Å². The van der Waals surface area contributed by atoms with Gasteiger partial charge in [0.1, 0.15) is 17.7 Å². The number of hydrogen-bond donors (Lipinski definition) is 1. The first kappa shape index (κ1) is 20.6. The van der Waals surface area contributed by atoms with Gasteiger partial charge in [0.25, 0.3) is 5.56 Å². The first-order chi connectivity index (χ1) is 13.6. The molecule has 0 fully saturated rings. The van der Waals surface area contributed by atoms with E-state index in [4.69, 9.17) is 5.73 Å². The molecule has 0 aliphatic rings. The van der Waals surface area contributed by atoms with Gasteiger partial charge in [-0.3, -0.25) is 23.3 Å². The van der Waals surface area contributed by atoms with Crippen LogP contribution in [-0.4, -0.2) is 34.9 Å². The highest BCUT2D eigenvalue weighted by Gasteiger charge is 2.27. The molecule has 29 heavy (non-hydrogen) atoms. The van der Waals surface area contributed by atoms with Crippen LogP contribution in [-0.2, 0) is 14.1 Å². The number of hydrogen-bond acceptors (Lipinski definition) is 7. The van der Waals surface area contributed by atoms with Gasteiger partial charge in [-0.2, -0.15) is 0 Å². The fourth-order valence-corrected chi connectivity index (χ4v) is 3.95. The predicted molar refractivity (Wildman–Crippen MR) is 112 cm³/mol. The summed E-state index contributed by atoms with van der Waals surface area (Å²) in [5, 5.41) is 7.93. The number of aryl methyl sites for hydroxylation is 2. The maximum atomic E-state index is 13.0. The number of ketones is 1. The van der Waals surface area contributed by atoms with Crippen molar-refractivity contribution in [2.45, 2.75) is 31.2 Å². The van der Waals surface area contributed by atoms with E-state index in [1.807, 2.05) is 32.0 Å². The minimum atomic E-state index is -0.709. The summed E-state index contributed by atoms with van der Waals surface area (Å²) in [5.41, 5.74) is 7.49. The van der Waals surface area contributed by atoms with Gasteiger partial charge in [-0.1, -0.05) is 29.5 Å². The highest BCUT2D eigenvalue weighted by molar-refractivity contribution is 8.00. The predicted octanol–water partition coefficient (Wildman–Crippen LogP) is 1.23. The zero-order chi connectivity index (χ0) is 21.5. The summed E-state index contributed by atoms with van der Waals surface area (Å²) in [6.07, 6.45) is 1.58. The zero-order valence-corrected chi connectivity index (χ0v) is 17.6. The van der Waals surface area contributed by atoms with Gasteiger partial charge in [0.2, 0.25) is 0 Å². The monoisotopic (exact) mass is 414 g/mol. The molecular weight excluding hydrogens is 392 g/mol. The summed E-state index contributed by atoms with van der Waals surface area (Å²) in [6.45, 7) is 5.66. The Morgan fingerprint density at radius 3 is 2.52 bits per heavy atom. The Morgan fingerprint density at radius 1 is 1.17 bits per heavy atom. The number of aromatic nitrogens is 5. The van der Waals surface area contributed by atoms with Crippen LogP contribution < -0.4 is 17.0 Å². The summed E-state index contributed by atoms with van der Waals surface area (Å²) < 4.78 is 3.76. The van der Waals surface area contributed by atoms with Crippen molar-refractivity contribution < 1.29 is 4.79 Å². The third-order valence-corrected chi connectivity index (χ3v) is 5.79. The number of nitrogens with zero attached hydrogens (tertiary/aromatic N) is 5. The number of carbonyl (C=O) groups excluding carboxylic acids is 1. The molecule has 0 radical (unpaired) electrons. The molecule has 3 rings (SSSR count). The lowest BCUT2D eigenvalue weighted by Gasteiger charge is -2.15. The number of Topliss-reactive ketones (excluding diaryl/α,β-unsaturated/α-hetero) is 1. The minimum absolute atomic E-state index is 0.147. The molecule has 0 aliphatic heterocycles. The molecule has 2 N–H and O–H groups in total. The maximum Gasteiger partial charge on any atom is 0.332 e. The maximum absolute atomic E-state index is 13.0. The minimum Gasteiger partial charge on any atom is -0.384 e. The summed E-state index contributed by atoms with van der Waals surface area (Å²) in [5.74, 6) is -0.620. The quantitative estimate of drug-likeness (QED) is 0.493. The average molecular weight is 414 g/mol. The molecule has 0 amide bonds. The van der Waals surface area contributed by atoms with Crippen LogP contribution in [0.1, 0.15) is 28.4 Å². The van der Waals surface area contributed by atoms with Crippen LogP contribution in [0.25, 0.3) is 5.69 Å². The number of thioether (sulfide) groups is 1. The van der Waals surface area contributed by atoms with Gasteiger partial charge in [-0.15, -0.1) is 10.2 Å². The average Bonchev–Trinajstić information content (AvgIpc) is 3.12. The molecule has 3 aromatic rings. The van der Waals surface area contributed by atoms with Gasteiger partial charge in [-0.25, -0.2) is 4.79 Å². The second-order valence-electron chi connectivity index (χ2n) is 6.86. The van der Waals surface area contributed by atoms with E-state index in [9.17, 15) is 14.4 Å². The fraction of sp³-hybridized carbons (Fsp3) is 0.316. The van der Waals surface area contributed by atoms with Crippen molar-refractivity contribution in [3.05, 3.63) is 62.1 Å². The molecule has 10 heteroatoms. The van der Waals surface area contributed by atoms with E-state index in [0.717, 1.165) is 25.9 Å². The van der Waals surface area contributed by atoms with E-state index >= 15 is 0 Å². The van der Waals surface area contributed by atoms with E-state index in [-0.39, 0.29) is 11.4 Å². The van der Waals surface area contributed by atoms with Crippen molar-refractivity contribution in [1.82, 2.24) is 23.9 Å². The molecule has 152 valence electrons. The van der Waals surface area contributed by atoms with Crippen molar-refractivity contribution in [3.63, 3.8) is 0 Å². The van der Waals surface area contributed by atoms with Gasteiger partial charge in [0, 0.05) is 14.1 Å². The van der Waals surface area contributed by atoms with Crippen LogP contribution in [0.3, 0.4) is 0 Å². The molecule has 9 nitrogen and oxygen atoms in total. The van der Waals surface area contributed by atoms with Crippen molar-refractivity contribution in [1.29, 1.82) is 0 Å². The Kier molecular flexibility index (Phi) is 5.47. The van der Waals surface area contributed by atoms with Crippen LogP contribution in [0.4, 0.5) is 5.82 Å². The second-order valence-corrected chi connectivity index (χ2v) is 8.17. The number of nitrogens with two attached hydrogens (primary N) is 1. The number of rotatable bonds is 5. The van der Waals surface area contributed by atoms with Crippen LogP contribution in [0.2, 0.25) is 0 Å². The molecule has 1 aromatic carbocycles. The van der Waals surface area contributed by atoms with Gasteiger partial charge >= 0.3 is 5.69 Å². The Bertz CT molecular complexity index is 1220. The first-order valence-electron chi connectivity index (χ1n) is 8.87. The van der Waals surface area contributed by atoms with Gasteiger partial charge in [-0.05, 0) is 32.4 Å². The molecule has 0 spiro atoms. The number of carbonyl (C=O) groups is 1. The van der Waals surface area contributed by atoms with E-state index in [2.05, 4.69) is 10.2 Å². The Morgan fingerprint density at radius 2 is 1.86 bits per heavy atom. The summed E-state index contributed by atoms with van der Waals surface area (Å²) in [7, 11) is 2.73. The molecule has 1 unspecified atom stereocenters. The Hall–Kier alpha value is -3.14. The fourth-order valence-electron chi connectivity index (χ4n) is 3.05. The SMILES string of the molecule is Cc1ccc(-n2cnnc2SC(C)C(=O)c2c(N)n(C)c(=O)n(C)c2=O)c(C)c1. The first-order valence-corrected chi connectivity index (χ1v) is 9.75. The summed E-state index contributed by atoms with van der Waals surface area (Å²) >= 11 is 1.17. The lowest BCUT2D eigenvalue weighted by Crippen LogP contribution is -2.42. The normalized spacial score (nSPS) is 12.2. The topological polar surface area (TPSA) is 118 Å². The Labute approximate surface area is 171 Å². The largest absolute Gasteiger partial charge is 0.384 e. The lowest BCUT2D eigenvalue weighted by atomic mass is 10.1. The number of anilines is 1. The molecular formula is C19H22N6O3S. The van der Waals surface area contributed by atoms with Crippen LogP contribution >= 0.6 is 11.8 Å². The standard InChI is InChI=1S/C19H22N6O3S/c1-10-6-7-13(11(2)8-10)25-9-21-22-18(25)29-12(3)15(26)14-16(20)23(4)19(28)24(5)17(14)27/h6-9,12H,20H2,1-5H3. The van der Waals surface area contributed by atoms with Crippen molar-refractivity contribution in [2.75, 3.05) is 5.73 Å². The molecule has 2 aromatic heterocycles. The van der Waals surface area contributed by atoms with Gasteiger partial charge in [0.05, 0.1) is 10.9 Å². The van der Waals surface area contributed by atoms with Crippen LogP contribution in [0.5, 0.6) is 0 Å². The van der Waals surface area contributed by atoms with E-state index in [1.54, 1.807) is 17.8 Å². The highest BCUT2D eigenvalue weighted by atomic mass is 32.2. The third-order valence-electron chi connectivity index (χ3n) is 4.74. The molecule has 0 saturated heterocycles. The summed E-state index contributed by atoms with van der Waals surface area (Å²) in [4.78, 5) is 37.5. The van der Waals surface area contributed by atoms with E-state index in [0.29, 0.717) is 5.16 Å². The Balaban J connectivity index is 1.96. The van der Waals surface area contributed by atoms with Gasteiger partial charge in [0.15, 0.2) is 10.9 Å². The third kappa shape index (κ3) is 3.63. The highest BCUT2D eigenvalue weighted by Crippen LogP contribution is 2.27. The summed E-state index contributed by atoms with van der Waals surface area (Å²) in [6, 6.07) is 6.00. The molecule has 0 saturated carbocycles. The second kappa shape index (κ2) is 7.70. The number of benzene rings is 1. The smallest absolute Gasteiger partial charge is 0.332 e. The van der Waals surface area contributed by atoms with Crippen molar-refractivity contribution in [3.8, 4) is 5.69 Å². The number of nitrogen functional groups attached to an aromatic ring is 1. The van der Waals surface area contributed by atoms with E-state index in [1.165, 1.54) is 25.9 Å². The van der Waals surface area contributed by atoms with E-state index < -0.39 is 22.3 Å².